The van der Waals surface area contributed by atoms with Crippen LogP contribution in [0.1, 0.15) is 12.5 Å². The fraction of sp³-hybridized carbons (Fsp3) is 0.417. The van der Waals surface area contributed by atoms with Gasteiger partial charge in [-0.1, -0.05) is 18.9 Å². The number of rotatable bonds is 6. The first-order valence-corrected chi connectivity index (χ1v) is 7.01. The van der Waals surface area contributed by atoms with Crippen molar-refractivity contribution >= 4 is 10.0 Å². The highest BCUT2D eigenvalue weighted by Gasteiger charge is 2.21. The molecule has 0 fully saturated rings. The molecule has 0 bridgehead atoms. The Labute approximate surface area is 108 Å². The van der Waals surface area contributed by atoms with Gasteiger partial charge in [0.25, 0.3) is 10.0 Å². The maximum Gasteiger partial charge on any atom is 0.261 e. The monoisotopic (exact) mass is 267 g/mol. The van der Waals surface area contributed by atoms with Crippen LogP contribution in [0.5, 0.6) is 0 Å². The van der Waals surface area contributed by atoms with E-state index in [9.17, 15) is 8.42 Å². The van der Waals surface area contributed by atoms with Crippen LogP contribution in [0.4, 0.5) is 0 Å². The Morgan fingerprint density at radius 2 is 2.22 bits per heavy atom. The average molecular weight is 267 g/mol. The van der Waals surface area contributed by atoms with Crippen molar-refractivity contribution in [1.29, 1.82) is 0 Å². The zero-order chi connectivity index (χ0) is 13.6. The topological polar surface area (TPSA) is 62.3 Å². The minimum Gasteiger partial charge on any atom is -0.313 e. The second-order valence-electron chi connectivity index (χ2n) is 3.75. The summed E-state index contributed by atoms with van der Waals surface area (Å²) in [6, 6.07) is 3.24. The lowest BCUT2D eigenvalue weighted by Crippen LogP contribution is -2.28. The van der Waals surface area contributed by atoms with E-state index < -0.39 is 10.0 Å². The Bertz CT molecular complexity index is 517. The van der Waals surface area contributed by atoms with Gasteiger partial charge >= 0.3 is 0 Å². The van der Waals surface area contributed by atoms with Crippen LogP contribution in [0.15, 0.2) is 23.4 Å². The SMILES string of the molecule is C#CCN(C)S(=O)(=O)c1ccc(CNCC)cn1. The Kier molecular flexibility index (Phi) is 5.28. The first kappa shape index (κ1) is 14.6. The molecule has 1 aromatic rings. The minimum atomic E-state index is -3.58. The van der Waals surface area contributed by atoms with Crippen LogP contribution in [0, 0.1) is 12.3 Å². The molecule has 0 unspecified atom stereocenters. The summed E-state index contributed by atoms with van der Waals surface area (Å²) in [5.74, 6) is 2.29. The van der Waals surface area contributed by atoms with E-state index in [0.717, 1.165) is 16.4 Å². The standard InChI is InChI=1S/C12H17N3O2S/c1-4-8-15(3)18(16,17)12-7-6-11(10-14-12)9-13-5-2/h1,6-7,10,13H,5,8-9H2,2-3H3. The molecule has 1 aromatic heterocycles. The molecule has 0 radical (unpaired) electrons. The molecular formula is C12H17N3O2S. The highest BCUT2D eigenvalue weighted by Crippen LogP contribution is 2.11. The van der Waals surface area contributed by atoms with Gasteiger partial charge in [-0.25, -0.2) is 13.4 Å². The van der Waals surface area contributed by atoms with Gasteiger partial charge in [-0.15, -0.1) is 6.42 Å². The summed E-state index contributed by atoms with van der Waals surface area (Å²) in [7, 11) is -2.15. The predicted molar refractivity (Wildman–Crippen MR) is 70.3 cm³/mol. The van der Waals surface area contributed by atoms with Crippen molar-refractivity contribution in [1.82, 2.24) is 14.6 Å². The van der Waals surface area contributed by atoms with E-state index >= 15 is 0 Å². The van der Waals surface area contributed by atoms with Crippen LogP contribution in [0.2, 0.25) is 0 Å². The molecule has 1 heterocycles. The Morgan fingerprint density at radius 1 is 1.50 bits per heavy atom. The maximum absolute atomic E-state index is 12.0. The van der Waals surface area contributed by atoms with Crippen LogP contribution in [-0.4, -0.2) is 37.8 Å². The third-order valence-electron chi connectivity index (χ3n) is 2.37. The van der Waals surface area contributed by atoms with Crippen molar-refractivity contribution in [2.75, 3.05) is 20.1 Å². The predicted octanol–water partition coefficient (Wildman–Crippen LogP) is 0.445. The van der Waals surface area contributed by atoms with Gasteiger partial charge < -0.3 is 5.32 Å². The van der Waals surface area contributed by atoms with E-state index in [1.807, 2.05) is 6.92 Å². The molecule has 1 rings (SSSR count). The molecule has 0 aliphatic heterocycles. The molecule has 0 amide bonds. The van der Waals surface area contributed by atoms with E-state index in [2.05, 4.69) is 16.2 Å². The van der Waals surface area contributed by atoms with Gasteiger partial charge in [-0.05, 0) is 18.2 Å². The first-order chi connectivity index (χ1) is 8.52. The van der Waals surface area contributed by atoms with E-state index in [-0.39, 0.29) is 11.6 Å². The van der Waals surface area contributed by atoms with Crippen molar-refractivity contribution in [2.24, 2.45) is 0 Å². The van der Waals surface area contributed by atoms with Gasteiger partial charge in [0.15, 0.2) is 5.03 Å². The van der Waals surface area contributed by atoms with Gasteiger partial charge in [0.1, 0.15) is 0 Å². The summed E-state index contributed by atoms with van der Waals surface area (Å²) in [5.41, 5.74) is 0.940. The molecule has 0 saturated heterocycles. The molecule has 0 saturated carbocycles. The highest BCUT2D eigenvalue weighted by molar-refractivity contribution is 7.89. The zero-order valence-corrected chi connectivity index (χ0v) is 11.4. The third kappa shape index (κ3) is 3.53. The summed E-state index contributed by atoms with van der Waals surface area (Å²) in [5, 5.41) is 3.15. The summed E-state index contributed by atoms with van der Waals surface area (Å²) in [6.07, 6.45) is 6.65. The molecule has 1 N–H and O–H groups in total. The number of nitrogens with one attached hydrogen (secondary N) is 1. The molecule has 0 aromatic carbocycles. The van der Waals surface area contributed by atoms with Crippen molar-refractivity contribution in [3.63, 3.8) is 0 Å². The van der Waals surface area contributed by atoms with Crippen LogP contribution in [-0.2, 0) is 16.6 Å². The molecule has 18 heavy (non-hydrogen) atoms. The van der Waals surface area contributed by atoms with Crippen molar-refractivity contribution in [3.8, 4) is 12.3 Å². The largest absolute Gasteiger partial charge is 0.313 e. The number of nitrogens with zero attached hydrogens (tertiary/aromatic N) is 2. The Morgan fingerprint density at radius 3 is 2.72 bits per heavy atom. The summed E-state index contributed by atoms with van der Waals surface area (Å²) < 4.78 is 25.1. The van der Waals surface area contributed by atoms with Crippen molar-refractivity contribution in [2.45, 2.75) is 18.5 Å². The normalized spacial score (nSPS) is 11.4. The Balaban J connectivity index is 2.88. The van der Waals surface area contributed by atoms with E-state index in [1.165, 1.54) is 13.1 Å². The van der Waals surface area contributed by atoms with Gasteiger partial charge in [-0.2, -0.15) is 4.31 Å². The molecule has 0 aliphatic carbocycles. The maximum atomic E-state index is 12.0. The molecule has 98 valence electrons. The molecule has 0 aliphatic rings. The highest BCUT2D eigenvalue weighted by atomic mass is 32.2. The minimum absolute atomic E-state index is 0.0144. The van der Waals surface area contributed by atoms with E-state index in [0.29, 0.717) is 6.54 Å². The summed E-state index contributed by atoms with van der Waals surface area (Å²) in [6.45, 7) is 3.55. The lowest BCUT2D eigenvalue weighted by molar-refractivity contribution is 0.499. The van der Waals surface area contributed by atoms with Gasteiger partial charge in [0.2, 0.25) is 0 Å². The fourth-order valence-corrected chi connectivity index (χ4v) is 2.30. The molecular weight excluding hydrogens is 250 g/mol. The lowest BCUT2D eigenvalue weighted by Gasteiger charge is -2.13. The second-order valence-corrected chi connectivity index (χ2v) is 5.74. The van der Waals surface area contributed by atoms with Crippen molar-refractivity contribution < 1.29 is 8.42 Å². The second kappa shape index (κ2) is 6.50. The molecule has 0 spiro atoms. The van der Waals surface area contributed by atoms with E-state index in [4.69, 9.17) is 6.42 Å². The van der Waals surface area contributed by atoms with Gasteiger partial charge in [-0.3, -0.25) is 0 Å². The first-order valence-electron chi connectivity index (χ1n) is 5.57. The summed E-state index contributed by atoms with van der Waals surface area (Å²) in [4.78, 5) is 3.97. The number of hydrogen-bond acceptors (Lipinski definition) is 4. The molecule has 0 atom stereocenters. The van der Waals surface area contributed by atoms with Crippen LogP contribution in [0.25, 0.3) is 0 Å². The smallest absolute Gasteiger partial charge is 0.261 e. The summed E-state index contributed by atoms with van der Waals surface area (Å²) >= 11 is 0. The Hall–Kier alpha value is -1.42. The number of terminal acetylenes is 1. The number of pyridine rings is 1. The number of hydrogen-bond donors (Lipinski definition) is 1. The average Bonchev–Trinajstić information content (AvgIpc) is 2.37. The number of sulfonamides is 1. The van der Waals surface area contributed by atoms with Crippen LogP contribution >= 0.6 is 0 Å². The fourth-order valence-electron chi connectivity index (χ4n) is 1.31. The lowest BCUT2D eigenvalue weighted by atomic mass is 10.3. The zero-order valence-electron chi connectivity index (χ0n) is 10.5. The van der Waals surface area contributed by atoms with Gasteiger partial charge in [0.05, 0.1) is 6.54 Å². The third-order valence-corrected chi connectivity index (χ3v) is 4.09. The van der Waals surface area contributed by atoms with Crippen LogP contribution < -0.4 is 5.32 Å². The molecule has 6 heteroatoms. The van der Waals surface area contributed by atoms with E-state index in [1.54, 1.807) is 12.3 Å². The van der Waals surface area contributed by atoms with Crippen LogP contribution in [0.3, 0.4) is 0 Å². The van der Waals surface area contributed by atoms with Crippen molar-refractivity contribution in [3.05, 3.63) is 23.9 Å². The molecule has 5 nitrogen and oxygen atoms in total. The number of aromatic nitrogens is 1. The van der Waals surface area contributed by atoms with Gasteiger partial charge in [0, 0.05) is 19.8 Å². The quantitative estimate of drug-likeness (QED) is 0.760.